The molecule has 0 aliphatic carbocycles. The van der Waals surface area contributed by atoms with Crippen molar-refractivity contribution in [2.75, 3.05) is 34.9 Å². The van der Waals surface area contributed by atoms with Crippen molar-refractivity contribution in [1.29, 1.82) is 0 Å². The van der Waals surface area contributed by atoms with Gasteiger partial charge in [0, 0.05) is 27.8 Å². The van der Waals surface area contributed by atoms with E-state index in [9.17, 15) is 24.3 Å². The lowest BCUT2D eigenvalue weighted by Gasteiger charge is -2.41. The van der Waals surface area contributed by atoms with E-state index in [1.165, 1.54) is 0 Å². The summed E-state index contributed by atoms with van der Waals surface area (Å²) in [5, 5.41) is 19.8. The first-order chi connectivity index (χ1) is 24.0. The molecule has 1 fully saturated rings. The SMILES string of the molecule is CCC(C)C(C(CC(=O)N1CCC[C@@H]1C(OC)C(C)C(=O)NC(C)C(O)c1ccccc1)OC)N(C)C(=O)C(NC(=O)C(NC)C(C)C)C(C)C. The van der Waals surface area contributed by atoms with E-state index in [0.29, 0.717) is 18.5 Å². The monoisotopic (exact) mass is 718 g/mol. The summed E-state index contributed by atoms with van der Waals surface area (Å²) in [5.74, 6) is -1.62. The maximum Gasteiger partial charge on any atom is 0.245 e. The van der Waals surface area contributed by atoms with Gasteiger partial charge in [-0.3, -0.25) is 19.2 Å². The van der Waals surface area contributed by atoms with Crippen LogP contribution in [0.3, 0.4) is 0 Å². The maximum absolute atomic E-state index is 14.1. The lowest BCUT2D eigenvalue weighted by molar-refractivity contribution is -0.148. The number of nitrogens with one attached hydrogen (secondary N) is 3. The molecule has 1 heterocycles. The highest BCUT2D eigenvalue weighted by atomic mass is 16.5. The fourth-order valence-corrected chi connectivity index (χ4v) is 7.42. The number of aliphatic hydroxyl groups excluding tert-OH is 1. The molecule has 0 aromatic heterocycles. The van der Waals surface area contributed by atoms with Gasteiger partial charge in [-0.2, -0.15) is 0 Å². The van der Waals surface area contributed by atoms with Crippen LogP contribution in [-0.2, 0) is 28.7 Å². The largest absolute Gasteiger partial charge is 0.386 e. The van der Waals surface area contributed by atoms with Crippen molar-refractivity contribution in [1.82, 2.24) is 25.8 Å². The van der Waals surface area contributed by atoms with Gasteiger partial charge in [-0.05, 0) is 50.1 Å². The van der Waals surface area contributed by atoms with Gasteiger partial charge in [0.2, 0.25) is 23.6 Å². The number of hydrogen-bond donors (Lipinski definition) is 4. The Labute approximate surface area is 306 Å². The number of rotatable bonds is 20. The fraction of sp³-hybridized carbons (Fsp3) is 0.744. The van der Waals surface area contributed by atoms with Gasteiger partial charge >= 0.3 is 0 Å². The first-order valence-electron chi connectivity index (χ1n) is 18.7. The van der Waals surface area contributed by atoms with Crippen molar-refractivity contribution in [2.45, 2.75) is 130 Å². The Morgan fingerprint density at radius 3 is 2.04 bits per heavy atom. The zero-order valence-electron chi connectivity index (χ0n) is 33.1. The molecule has 12 nitrogen and oxygen atoms in total. The number of amides is 4. The summed E-state index contributed by atoms with van der Waals surface area (Å²) < 4.78 is 11.9. The van der Waals surface area contributed by atoms with Gasteiger partial charge in [-0.15, -0.1) is 0 Å². The minimum absolute atomic E-state index is 0.0148. The van der Waals surface area contributed by atoms with Crippen molar-refractivity contribution in [2.24, 2.45) is 23.7 Å². The number of hydrogen-bond acceptors (Lipinski definition) is 8. The lowest BCUT2D eigenvalue weighted by Crippen LogP contribution is -2.59. The first-order valence-corrected chi connectivity index (χ1v) is 18.7. The van der Waals surface area contributed by atoms with E-state index >= 15 is 0 Å². The highest BCUT2D eigenvalue weighted by Crippen LogP contribution is 2.30. The average molecular weight is 718 g/mol. The molecule has 1 aliphatic heterocycles. The van der Waals surface area contributed by atoms with E-state index in [1.807, 2.05) is 71.9 Å². The van der Waals surface area contributed by atoms with Crippen LogP contribution in [0.2, 0.25) is 0 Å². The Kier molecular flexibility index (Phi) is 18.0. The second-order valence-electron chi connectivity index (χ2n) is 15.0. The van der Waals surface area contributed by atoms with Crippen LogP contribution < -0.4 is 16.0 Å². The second kappa shape index (κ2) is 20.8. The summed E-state index contributed by atoms with van der Waals surface area (Å²) in [6.07, 6.45) is 0.147. The van der Waals surface area contributed by atoms with Crippen LogP contribution in [0.5, 0.6) is 0 Å². The van der Waals surface area contributed by atoms with E-state index in [0.717, 1.165) is 12.8 Å². The average Bonchev–Trinajstić information content (AvgIpc) is 3.59. The third kappa shape index (κ3) is 11.5. The van der Waals surface area contributed by atoms with Crippen LogP contribution in [0.1, 0.15) is 92.7 Å². The van der Waals surface area contributed by atoms with Crippen LogP contribution >= 0.6 is 0 Å². The first kappa shape index (κ1) is 44.1. The van der Waals surface area contributed by atoms with E-state index in [2.05, 4.69) is 16.0 Å². The number of carbonyl (C=O) groups excluding carboxylic acids is 4. The molecule has 9 unspecified atom stereocenters. The molecule has 0 radical (unpaired) electrons. The molecule has 1 aliphatic rings. The smallest absolute Gasteiger partial charge is 0.245 e. The van der Waals surface area contributed by atoms with Gasteiger partial charge in [0.05, 0.1) is 54.8 Å². The van der Waals surface area contributed by atoms with Crippen molar-refractivity contribution < 1.29 is 33.8 Å². The molecule has 4 N–H and O–H groups in total. The Hall–Kier alpha value is -3.06. The van der Waals surface area contributed by atoms with Gasteiger partial charge < -0.3 is 40.3 Å². The van der Waals surface area contributed by atoms with Crippen LogP contribution in [0, 0.1) is 23.7 Å². The molecule has 2 rings (SSSR count). The van der Waals surface area contributed by atoms with Crippen molar-refractivity contribution in [3.8, 4) is 0 Å². The molecule has 0 saturated carbocycles. The van der Waals surface area contributed by atoms with E-state index < -0.39 is 48.4 Å². The van der Waals surface area contributed by atoms with E-state index in [1.54, 1.807) is 52.0 Å². The number of nitrogens with zero attached hydrogens (tertiary/aromatic N) is 2. The van der Waals surface area contributed by atoms with Crippen LogP contribution in [0.15, 0.2) is 30.3 Å². The molecule has 10 atom stereocenters. The summed E-state index contributed by atoms with van der Waals surface area (Å²) in [6.45, 7) is 15.9. The Morgan fingerprint density at radius 2 is 1.53 bits per heavy atom. The third-order valence-corrected chi connectivity index (χ3v) is 10.7. The molecule has 0 spiro atoms. The second-order valence-corrected chi connectivity index (χ2v) is 15.0. The summed E-state index contributed by atoms with van der Waals surface area (Å²) in [5.41, 5.74) is 0.711. The predicted molar refractivity (Wildman–Crippen MR) is 200 cm³/mol. The molecule has 4 amide bonds. The number of carbonyl (C=O) groups is 4. The Balaban J connectivity index is 2.24. The maximum atomic E-state index is 14.1. The van der Waals surface area contributed by atoms with Crippen molar-refractivity contribution in [3.63, 3.8) is 0 Å². The minimum atomic E-state index is -0.875. The van der Waals surface area contributed by atoms with Gasteiger partial charge in [-0.25, -0.2) is 0 Å². The number of likely N-dealkylation sites (N-methyl/N-ethyl adjacent to an activating group) is 2. The molecular formula is C39H67N5O7. The summed E-state index contributed by atoms with van der Waals surface area (Å²) in [6, 6.07) is 6.67. The highest BCUT2D eigenvalue weighted by Gasteiger charge is 2.43. The normalized spacial score (nSPS) is 20.1. The van der Waals surface area contributed by atoms with Gasteiger partial charge in [0.1, 0.15) is 6.04 Å². The zero-order valence-corrected chi connectivity index (χ0v) is 33.1. The highest BCUT2D eigenvalue weighted by molar-refractivity contribution is 5.90. The standard InChI is InChI=1S/C39H67N5O7/c1-13-25(6)34(43(10)39(49)33(24(4)5)42-38(48)32(40-9)23(2)3)30(50-11)22-31(45)44-21-17-20-29(44)36(51-12)26(7)37(47)41-27(8)35(46)28-18-15-14-16-19-28/h14-16,18-19,23-27,29-30,32-36,40,46H,13,17,20-22H2,1-12H3,(H,41,47)(H,42,48)/t25?,26?,27?,29-,30?,32?,33?,34?,35?,36?/m1/s1. The van der Waals surface area contributed by atoms with Gasteiger partial charge in [-0.1, -0.05) is 85.2 Å². The third-order valence-electron chi connectivity index (χ3n) is 10.7. The Bertz CT molecular complexity index is 1250. The van der Waals surface area contributed by atoms with E-state index in [-0.39, 0.29) is 53.8 Å². The van der Waals surface area contributed by atoms with Crippen LogP contribution in [-0.4, -0.2) is 116 Å². The molecule has 290 valence electrons. The van der Waals surface area contributed by atoms with Crippen LogP contribution in [0.25, 0.3) is 0 Å². The molecule has 1 aromatic rings. The van der Waals surface area contributed by atoms with E-state index in [4.69, 9.17) is 9.47 Å². The quantitative estimate of drug-likeness (QED) is 0.160. The fourth-order valence-electron chi connectivity index (χ4n) is 7.42. The zero-order chi connectivity index (χ0) is 38.6. The predicted octanol–water partition coefficient (Wildman–Crippen LogP) is 3.53. The lowest BCUT2D eigenvalue weighted by atomic mass is 9.89. The molecule has 1 aromatic carbocycles. The number of ether oxygens (including phenoxy) is 2. The van der Waals surface area contributed by atoms with Crippen molar-refractivity contribution in [3.05, 3.63) is 35.9 Å². The molecule has 0 bridgehead atoms. The Morgan fingerprint density at radius 1 is 0.922 bits per heavy atom. The molecule has 12 heteroatoms. The van der Waals surface area contributed by atoms with Gasteiger partial charge in [0.25, 0.3) is 0 Å². The molecule has 51 heavy (non-hydrogen) atoms. The molecular weight excluding hydrogens is 650 g/mol. The summed E-state index contributed by atoms with van der Waals surface area (Å²) >= 11 is 0. The van der Waals surface area contributed by atoms with Crippen LogP contribution in [0.4, 0.5) is 0 Å². The summed E-state index contributed by atoms with van der Waals surface area (Å²) in [4.78, 5) is 58.3. The minimum Gasteiger partial charge on any atom is -0.386 e. The summed E-state index contributed by atoms with van der Waals surface area (Å²) in [7, 11) is 6.57. The topological polar surface area (TPSA) is 150 Å². The number of aliphatic hydroxyl groups is 1. The van der Waals surface area contributed by atoms with Gasteiger partial charge in [0.15, 0.2) is 0 Å². The van der Waals surface area contributed by atoms with Crippen molar-refractivity contribution >= 4 is 23.6 Å². The number of methoxy groups -OCH3 is 2. The molecule has 1 saturated heterocycles. The number of likely N-dealkylation sites (tertiary alicyclic amines) is 1. The number of benzene rings is 1.